The first-order chi connectivity index (χ1) is 9.13. The molecule has 0 N–H and O–H groups in total. The van der Waals surface area contributed by atoms with E-state index in [4.69, 9.17) is 4.74 Å². The number of hydrogen-bond acceptors (Lipinski definition) is 5. The summed E-state index contributed by atoms with van der Waals surface area (Å²) in [5.41, 5.74) is 1.62. The van der Waals surface area contributed by atoms with Crippen LogP contribution < -0.4 is 4.90 Å². The zero-order valence-electron chi connectivity index (χ0n) is 11.4. The van der Waals surface area contributed by atoms with Crippen molar-refractivity contribution in [2.24, 2.45) is 0 Å². The zero-order chi connectivity index (χ0) is 13.4. The number of carbonyl (C=O) groups is 1. The third-order valence-corrected chi connectivity index (χ3v) is 3.68. The molecule has 5 heteroatoms. The van der Waals surface area contributed by atoms with E-state index in [2.05, 4.69) is 28.7 Å². The molecule has 0 radical (unpaired) electrons. The van der Waals surface area contributed by atoms with Crippen LogP contribution in [0.3, 0.4) is 0 Å². The van der Waals surface area contributed by atoms with Crippen LogP contribution in [0.2, 0.25) is 0 Å². The summed E-state index contributed by atoms with van der Waals surface area (Å²) < 4.78 is 5.72. The summed E-state index contributed by atoms with van der Waals surface area (Å²) >= 11 is 0. The number of aromatic nitrogens is 2. The molecule has 1 aromatic heterocycles. The predicted octanol–water partition coefficient (Wildman–Crippen LogP) is 1.61. The second-order valence-electron chi connectivity index (χ2n) is 5.47. The number of morpholine rings is 1. The second kappa shape index (κ2) is 4.89. The molecule has 5 nitrogen and oxygen atoms in total. The minimum atomic E-state index is 0.177. The van der Waals surface area contributed by atoms with Crippen molar-refractivity contribution in [3.63, 3.8) is 0 Å². The number of Topliss-reactive ketones (excluding diaryl/α,β-unsaturated/α-hetero) is 1. The van der Waals surface area contributed by atoms with Crippen LogP contribution in [-0.4, -0.2) is 41.0 Å². The summed E-state index contributed by atoms with van der Waals surface area (Å²) in [5, 5.41) is 0. The van der Waals surface area contributed by atoms with E-state index in [9.17, 15) is 4.79 Å². The molecule has 1 aliphatic carbocycles. The minimum absolute atomic E-state index is 0.177. The van der Waals surface area contributed by atoms with E-state index in [-0.39, 0.29) is 18.0 Å². The van der Waals surface area contributed by atoms with Crippen LogP contribution in [0.4, 0.5) is 5.95 Å². The first kappa shape index (κ1) is 12.5. The molecule has 1 fully saturated rings. The normalized spacial score (nSPS) is 27.3. The first-order valence-corrected chi connectivity index (χ1v) is 6.93. The third kappa shape index (κ3) is 2.47. The molecule has 19 heavy (non-hydrogen) atoms. The summed E-state index contributed by atoms with van der Waals surface area (Å²) in [6.07, 6.45) is 4.48. The lowest BCUT2D eigenvalue weighted by Crippen LogP contribution is -2.46. The number of fused-ring (bicyclic) bond motifs is 1. The van der Waals surface area contributed by atoms with Crippen molar-refractivity contribution in [2.45, 2.75) is 45.3 Å². The Kier molecular flexibility index (Phi) is 3.22. The van der Waals surface area contributed by atoms with Gasteiger partial charge in [0, 0.05) is 25.7 Å². The largest absolute Gasteiger partial charge is 0.372 e. The molecule has 1 aromatic rings. The Balaban J connectivity index is 1.87. The van der Waals surface area contributed by atoms with Gasteiger partial charge in [-0.1, -0.05) is 0 Å². The topological polar surface area (TPSA) is 55.3 Å². The Hall–Kier alpha value is -1.49. The third-order valence-electron chi connectivity index (χ3n) is 3.68. The first-order valence-electron chi connectivity index (χ1n) is 6.93. The van der Waals surface area contributed by atoms with E-state index >= 15 is 0 Å². The van der Waals surface area contributed by atoms with Crippen molar-refractivity contribution in [2.75, 3.05) is 18.0 Å². The van der Waals surface area contributed by atoms with Crippen molar-refractivity contribution in [3.8, 4) is 0 Å². The molecule has 0 unspecified atom stereocenters. The number of aryl methyl sites for hydroxylation is 1. The Bertz CT molecular complexity index is 493. The van der Waals surface area contributed by atoms with E-state index in [0.29, 0.717) is 12.0 Å². The lowest BCUT2D eigenvalue weighted by atomic mass is 9.96. The fraction of sp³-hybridized carbons (Fsp3) is 0.643. The van der Waals surface area contributed by atoms with Crippen LogP contribution in [0.1, 0.15) is 42.7 Å². The van der Waals surface area contributed by atoms with Crippen LogP contribution in [0.15, 0.2) is 6.20 Å². The molecule has 0 spiro atoms. The molecular formula is C14H19N3O2. The van der Waals surface area contributed by atoms with Gasteiger partial charge in [0.05, 0.1) is 23.5 Å². The average Bonchev–Trinajstić information content (AvgIpc) is 2.37. The number of carbonyl (C=O) groups excluding carboxylic acids is 1. The fourth-order valence-electron chi connectivity index (χ4n) is 2.87. The molecule has 102 valence electrons. The van der Waals surface area contributed by atoms with Gasteiger partial charge in [0.15, 0.2) is 5.78 Å². The van der Waals surface area contributed by atoms with Crippen LogP contribution in [0, 0.1) is 0 Å². The maximum atomic E-state index is 11.8. The molecule has 2 heterocycles. The SMILES string of the molecule is C[C@H]1CN(c2ncc3c(n2)CCCC3=O)C[C@H](C)O1. The van der Waals surface area contributed by atoms with E-state index in [0.717, 1.165) is 37.6 Å². The highest BCUT2D eigenvalue weighted by molar-refractivity contribution is 5.97. The van der Waals surface area contributed by atoms with Gasteiger partial charge in [0.25, 0.3) is 0 Å². The maximum absolute atomic E-state index is 11.8. The van der Waals surface area contributed by atoms with Gasteiger partial charge in [-0.15, -0.1) is 0 Å². The summed E-state index contributed by atoms with van der Waals surface area (Å²) in [7, 11) is 0. The van der Waals surface area contributed by atoms with Gasteiger partial charge in [0.1, 0.15) is 0 Å². The molecule has 1 saturated heterocycles. The highest BCUT2D eigenvalue weighted by Gasteiger charge is 2.26. The summed E-state index contributed by atoms with van der Waals surface area (Å²) in [5.74, 6) is 0.909. The highest BCUT2D eigenvalue weighted by atomic mass is 16.5. The number of ketones is 1. The Morgan fingerprint density at radius 2 is 2.00 bits per heavy atom. The molecule has 0 aromatic carbocycles. The van der Waals surface area contributed by atoms with Gasteiger partial charge in [-0.25, -0.2) is 9.97 Å². The fourth-order valence-corrected chi connectivity index (χ4v) is 2.87. The number of nitrogens with zero attached hydrogens (tertiary/aromatic N) is 3. The maximum Gasteiger partial charge on any atom is 0.225 e. The molecule has 3 rings (SSSR count). The van der Waals surface area contributed by atoms with Crippen molar-refractivity contribution in [1.82, 2.24) is 9.97 Å². The quantitative estimate of drug-likeness (QED) is 0.768. The van der Waals surface area contributed by atoms with Crippen LogP contribution in [-0.2, 0) is 11.2 Å². The number of hydrogen-bond donors (Lipinski definition) is 0. The molecule has 2 aliphatic rings. The molecule has 2 atom stereocenters. The van der Waals surface area contributed by atoms with Crippen molar-refractivity contribution < 1.29 is 9.53 Å². The van der Waals surface area contributed by atoms with Crippen molar-refractivity contribution in [1.29, 1.82) is 0 Å². The van der Waals surface area contributed by atoms with E-state index in [1.807, 2.05) is 0 Å². The van der Waals surface area contributed by atoms with Gasteiger partial charge < -0.3 is 9.64 Å². The number of rotatable bonds is 1. The predicted molar refractivity (Wildman–Crippen MR) is 71.5 cm³/mol. The standard InChI is InChI=1S/C14H19N3O2/c1-9-7-17(8-10(2)19-9)14-15-6-11-12(16-14)4-3-5-13(11)18/h6,9-10H,3-5,7-8H2,1-2H3/t9-,10-/m0/s1. The van der Waals surface area contributed by atoms with E-state index < -0.39 is 0 Å². The number of ether oxygens (including phenoxy) is 1. The number of anilines is 1. The van der Waals surface area contributed by atoms with Crippen LogP contribution >= 0.6 is 0 Å². The smallest absolute Gasteiger partial charge is 0.225 e. The molecule has 0 amide bonds. The van der Waals surface area contributed by atoms with E-state index in [1.54, 1.807) is 6.20 Å². The zero-order valence-corrected chi connectivity index (χ0v) is 11.4. The summed E-state index contributed by atoms with van der Waals surface area (Å²) in [6, 6.07) is 0. The van der Waals surface area contributed by atoms with Crippen molar-refractivity contribution >= 4 is 11.7 Å². The molecule has 0 bridgehead atoms. The van der Waals surface area contributed by atoms with Gasteiger partial charge in [-0.2, -0.15) is 0 Å². The lowest BCUT2D eigenvalue weighted by molar-refractivity contribution is -0.00574. The van der Waals surface area contributed by atoms with Crippen molar-refractivity contribution in [3.05, 3.63) is 17.5 Å². The lowest BCUT2D eigenvalue weighted by Gasteiger charge is -2.35. The Morgan fingerprint density at radius 3 is 2.74 bits per heavy atom. The Labute approximate surface area is 113 Å². The van der Waals surface area contributed by atoms with Gasteiger partial charge in [-0.05, 0) is 26.7 Å². The monoisotopic (exact) mass is 261 g/mol. The molecule has 1 aliphatic heterocycles. The average molecular weight is 261 g/mol. The second-order valence-corrected chi connectivity index (χ2v) is 5.47. The van der Waals surface area contributed by atoms with Gasteiger partial charge in [0.2, 0.25) is 5.95 Å². The minimum Gasteiger partial charge on any atom is -0.372 e. The summed E-state index contributed by atoms with van der Waals surface area (Å²) in [6.45, 7) is 5.73. The van der Waals surface area contributed by atoms with Gasteiger partial charge >= 0.3 is 0 Å². The molecule has 0 saturated carbocycles. The van der Waals surface area contributed by atoms with E-state index in [1.165, 1.54) is 0 Å². The highest BCUT2D eigenvalue weighted by Crippen LogP contribution is 2.22. The summed E-state index contributed by atoms with van der Waals surface area (Å²) in [4.78, 5) is 22.9. The van der Waals surface area contributed by atoms with Gasteiger partial charge in [-0.3, -0.25) is 4.79 Å². The van der Waals surface area contributed by atoms with Crippen LogP contribution in [0.25, 0.3) is 0 Å². The van der Waals surface area contributed by atoms with Crippen LogP contribution in [0.5, 0.6) is 0 Å². The Morgan fingerprint density at radius 1 is 1.26 bits per heavy atom. The molecular weight excluding hydrogens is 242 g/mol.